The highest BCUT2D eigenvalue weighted by atomic mass is 79.9. The lowest BCUT2D eigenvalue weighted by molar-refractivity contribution is 0.0944. The lowest BCUT2D eigenvalue weighted by Gasteiger charge is -2.08. The number of hydrogen-bond donors (Lipinski definition) is 1. The van der Waals surface area contributed by atoms with E-state index < -0.39 is 31.2 Å². The van der Waals surface area contributed by atoms with E-state index in [1.807, 2.05) is 0 Å². The second-order valence-electron chi connectivity index (χ2n) is 3.81. The Kier molecular flexibility index (Phi) is 6.38. The van der Waals surface area contributed by atoms with Crippen LogP contribution in [0.4, 0.5) is 4.39 Å². The SMILES string of the molecule is COCCCNC(=O)c1cc(Br)cc(S(=O)(=O)Cl)c1F. The van der Waals surface area contributed by atoms with Gasteiger partial charge in [0.1, 0.15) is 4.90 Å². The molecule has 1 N–H and O–H groups in total. The summed E-state index contributed by atoms with van der Waals surface area (Å²) in [6.45, 7) is 0.726. The van der Waals surface area contributed by atoms with Gasteiger partial charge in [0, 0.05) is 35.4 Å². The quantitative estimate of drug-likeness (QED) is 0.599. The van der Waals surface area contributed by atoms with Crippen LogP contribution in [-0.4, -0.2) is 34.6 Å². The number of amides is 1. The molecule has 0 fully saturated rings. The minimum atomic E-state index is -4.27. The fourth-order valence-corrected chi connectivity index (χ4v) is 2.96. The third-order valence-electron chi connectivity index (χ3n) is 2.32. The van der Waals surface area contributed by atoms with Crippen molar-refractivity contribution in [1.82, 2.24) is 5.32 Å². The predicted molar refractivity (Wildman–Crippen MR) is 76.0 cm³/mol. The molecule has 0 aliphatic heterocycles. The molecule has 20 heavy (non-hydrogen) atoms. The summed E-state index contributed by atoms with van der Waals surface area (Å²) in [6.07, 6.45) is 0.554. The van der Waals surface area contributed by atoms with Crippen molar-refractivity contribution >= 4 is 41.6 Å². The van der Waals surface area contributed by atoms with E-state index in [1.54, 1.807) is 0 Å². The molecule has 1 rings (SSSR count). The van der Waals surface area contributed by atoms with Crippen molar-refractivity contribution in [1.29, 1.82) is 0 Å². The maximum atomic E-state index is 14.0. The maximum Gasteiger partial charge on any atom is 0.264 e. The van der Waals surface area contributed by atoms with E-state index in [0.717, 1.165) is 6.07 Å². The van der Waals surface area contributed by atoms with Crippen LogP contribution < -0.4 is 5.32 Å². The van der Waals surface area contributed by atoms with Gasteiger partial charge in [-0.2, -0.15) is 0 Å². The van der Waals surface area contributed by atoms with Crippen LogP contribution in [0.5, 0.6) is 0 Å². The molecule has 0 spiro atoms. The fraction of sp³-hybridized carbons (Fsp3) is 0.364. The summed E-state index contributed by atoms with van der Waals surface area (Å²) < 4.78 is 41.5. The van der Waals surface area contributed by atoms with Crippen LogP contribution in [0.3, 0.4) is 0 Å². The number of nitrogens with one attached hydrogen (secondary N) is 1. The van der Waals surface area contributed by atoms with Gasteiger partial charge in [-0.3, -0.25) is 4.79 Å². The summed E-state index contributed by atoms with van der Waals surface area (Å²) in [5.41, 5.74) is -0.393. The molecule has 0 bridgehead atoms. The van der Waals surface area contributed by atoms with Gasteiger partial charge in [0.05, 0.1) is 5.56 Å². The van der Waals surface area contributed by atoms with Gasteiger partial charge in [-0.15, -0.1) is 0 Å². The highest BCUT2D eigenvalue weighted by Gasteiger charge is 2.23. The molecule has 1 amide bonds. The van der Waals surface area contributed by atoms with E-state index in [-0.39, 0.29) is 11.0 Å². The van der Waals surface area contributed by atoms with Crippen LogP contribution in [0.25, 0.3) is 0 Å². The molecule has 0 saturated carbocycles. The van der Waals surface area contributed by atoms with E-state index >= 15 is 0 Å². The summed E-state index contributed by atoms with van der Waals surface area (Å²) in [5.74, 6) is -1.89. The lowest BCUT2D eigenvalue weighted by Crippen LogP contribution is -2.26. The van der Waals surface area contributed by atoms with Crippen LogP contribution in [0, 0.1) is 5.82 Å². The molecule has 5 nitrogen and oxygen atoms in total. The highest BCUT2D eigenvalue weighted by molar-refractivity contribution is 9.10. The molecule has 0 aliphatic carbocycles. The zero-order valence-electron chi connectivity index (χ0n) is 10.5. The number of hydrogen-bond acceptors (Lipinski definition) is 4. The number of halogens is 3. The first-order chi connectivity index (χ1) is 9.27. The van der Waals surface area contributed by atoms with Gasteiger partial charge in [-0.1, -0.05) is 15.9 Å². The normalized spacial score (nSPS) is 11.4. The molecular weight excluding hydrogens is 377 g/mol. The van der Waals surface area contributed by atoms with Gasteiger partial charge < -0.3 is 10.1 Å². The molecular formula is C11H12BrClFNO4S. The van der Waals surface area contributed by atoms with E-state index in [2.05, 4.69) is 21.2 Å². The van der Waals surface area contributed by atoms with Crippen molar-refractivity contribution in [2.45, 2.75) is 11.3 Å². The third-order valence-corrected chi connectivity index (χ3v) is 4.10. The summed E-state index contributed by atoms with van der Waals surface area (Å²) in [6, 6.07) is 2.19. The Labute approximate surface area is 129 Å². The van der Waals surface area contributed by atoms with Crippen molar-refractivity contribution in [3.8, 4) is 0 Å². The zero-order valence-corrected chi connectivity index (χ0v) is 13.6. The van der Waals surface area contributed by atoms with Crippen LogP contribution >= 0.6 is 26.6 Å². The molecule has 0 aromatic heterocycles. The van der Waals surface area contributed by atoms with E-state index in [0.29, 0.717) is 13.0 Å². The van der Waals surface area contributed by atoms with Crippen LogP contribution in [0.2, 0.25) is 0 Å². The Morgan fingerprint density at radius 3 is 2.70 bits per heavy atom. The molecule has 0 atom stereocenters. The van der Waals surface area contributed by atoms with E-state index in [1.165, 1.54) is 13.2 Å². The smallest absolute Gasteiger partial charge is 0.264 e. The first-order valence-corrected chi connectivity index (χ1v) is 8.58. The van der Waals surface area contributed by atoms with Crippen LogP contribution in [-0.2, 0) is 13.8 Å². The standard InChI is InChI=1S/C11H12BrClFNO4S/c1-19-4-2-3-15-11(16)8-5-7(12)6-9(10(8)14)20(13,17)18/h5-6H,2-4H2,1H3,(H,15,16). The molecule has 1 aromatic carbocycles. The van der Waals surface area contributed by atoms with Crippen molar-refractivity contribution in [2.75, 3.05) is 20.3 Å². The second-order valence-corrected chi connectivity index (χ2v) is 7.26. The van der Waals surface area contributed by atoms with Gasteiger partial charge in [0.25, 0.3) is 15.0 Å². The summed E-state index contributed by atoms with van der Waals surface area (Å²) >= 11 is 3.01. The van der Waals surface area contributed by atoms with Crippen molar-refractivity contribution < 1.29 is 22.3 Å². The first kappa shape index (κ1) is 17.4. The maximum absolute atomic E-state index is 14.0. The largest absolute Gasteiger partial charge is 0.385 e. The monoisotopic (exact) mass is 387 g/mol. The third kappa shape index (κ3) is 4.69. The molecule has 112 valence electrons. The zero-order chi connectivity index (χ0) is 15.3. The van der Waals surface area contributed by atoms with Gasteiger partial charge in [-0.25, -0.2) is 12.8 Å². The van der Waals surface area contributed by atoms with Gasteiger partial charge in [0.15, 0.2) is 5.82 Å². The highest BCUT2D eigenvalue weighted by Crippen LogP contribution is 2.26. The Hall–Kier alpha value is -0.700. The summed E-state index contributed by atoms with van der Waals surface area (Å²) in [4.78, 5) is 11.1. The molecule has 0 aliphatic rings. The number of carbonyl (C=O) groups excluding carboxylic acids is 1. The lowest BCUT2D eigenvalue weighted by atomic mass is 10.2. The average molecular weight is 389 g/mol. The Morgan fingerprint density at radius 1 is 1.50 bits per heavy atom. The molecule has 0 heterocycles. The Bertz CT molecular complexity index is 609. The Balaban J connectivity index is 3.01. The van der Waals surface area contributed by atoms with Gasteiger partial charge >= 0.3 is 0 Å². The Morgan fingerprint density at radius 2 is 2.15 bits per heavy atom. The van der Waals surface area contributed by atoms with Gasteiger partial charge in [-0.05, 0) is 18.6 Å². The topological polar surface area (TPSA) is 72.5 Å². The average Bonchev–Trinajstić information content (AvgIpc) is 2.35. The number of carbonyl (C=O) groups is 1. The fourth-order valence-electron chi connectivity index (χ4n) is 1.42. The molecule has 0 radical (unpaired) electrons. The summed E-state index contributed by atoms with van der Waals surface area (Å²) in [5, 5.41) is 2.46. The van der Waals surface area contributed by atoms with Gasteiger partial charge in [0.2, 0.25) is 0 Å². The molecule has 1 aromatic rings. The van der Waals surface area contributed by atoms with Crippen molar-refractivity contribution in [3.63, 3.8) is 0 Å². The minimum Gasteiger partial charge on any atom is -0.385 e. The minimum absolute atomic E-state index is 0.236. The number of methoxy groups -OCH3 is 1. The van der Waals surface area contributed by atoms with Crippen LogP contribution in [0.1, 0.15) is 16.8 Å². The molecule has 0 unspecified atom stereocenters. The summed E-state index contributed by atoms with van der Waals surface area (Å²) in [7, 11) is 2.37. The molecule has 0 saturated heterocycles. The van der Waals surface area contributed by atoms with E-state index in [9.17, 15) is 17.6 Å². The number of rotatable bonds is 6. The number of benzene rings is 1. The van der Waals surface area contributed by atoms with Crippen LogP contribution in [0.15, 0.2) is 21.5 Å². The van der Waals surface area contributed by atoms with Crippen molar-refractivity contribution in [3.05, 3.63) is 28.0 Å². The van der Waals surface area contributed by atoms with E-state index in [4.69, 9.17) is 15.4 Å². The first-order valence-electron chi connectivity index (χ1n) is 5.48. The second kappa shape index (κ2) is 7.35. The molecule has 9 heteroatoms. The number of ether oxygens (including phenoxy) is 1. The predicted octanol–water partition coefficient (Wildman–Crippen LogP) is 2.28. The van der Waals surface area contributed by atoms with Crippen molar-refractivity contribution in [2.24, 2.45) is 0 Å².